The Morgan fingerprint density at radius 1 is 1.50 bits per heavy atom. The Labute approximate surface area is 67.1 Å². The van der Waals surface area contributed by atoms with Crippen LogP contribution in [0.1, 0.15) is 6.92 Å². The molecule has 0 heterocycles. The van der Waals surface area contributed by atoms with Gasteiger partial charge in [0, 0.05) is 6.61 Å². The third-order valence-corrected chi connectivity index (χ3v) is 1.21. The minimum Gasteiger partial charge on any atom is -0.378 e. The highest BCUT2D eigenvalue weighted by molar-refractivity contribution is 5.63. The Morgan fingerprint density at radius 2 is 2.00 bits per heavy atom. The third-order valence-electron chi connectivity index (χ3n) is 1.21. The lowest BCUT2D eigenvalue weighted by Gasteiger charge is -2.23. The first kappa shape index (κ1) is 11.4. The molecule has 0 fully saturated rings. The van der Waals surface area contributed by atoms with Gasteiger partial charge >= 0.3 is 6.18 Å². The van der Waals surface area contributed by atoms with Crippen molar-refractivity contribution in [2.75, 3.05) is 13.2 Å². The second-order valence-electron chi connectivity index (χ2n) is 2.18. The van der Waals surface area contributed by atoms with Gasteiger partial charge in [-0.05, 0) is 6.92 Å². The van der Waals surface area contributed by atoms with E-state index in [1.165, 1.54) is 6.92 Å². The summed E-state index contributed by atoms with van der Waals surface area (Å²) >= 11 is 0. The monoisotopic (exact) mass is 186 g/mol. The van der Waals surface area contributed by atoms with Crippen LogP contribution in [0.2, 0.25) is 0 Å². The summed E-state index contributed by atoms with van der Waals surface area (Å²) < 4.78 is 39.9. The van der Waals surface area contributed by atoms with Crippen LogP contribution in [-0.2, 0) is 9.53 Å². The number of hydrogen-bond donors (Lipinski definition) is 1. The van der Waals surface area contributed by atoms with Crippen LogP contribution < -0.4 is 0 Å². The van der Waals surface area contributed by atoms with Gasteiger partial charge in [-0.1, -0.05) is 0 Å². The Bertz CT molecular complexity index is 157. The van der Waals surface area contributed by atoms with E-state index in [1.807, 2.05) is 0 Å². The zero-order valence-electron chi connectivity index (χ0n) is 6.39. The molecule has 0 amide bonds. The summed E-state index contributed by atoms with van der Waals surface area (Å²) in [7, 11) is 0. The molecule has 1 unspecified atom stereocenters. The second kappa shape index (κ2) is 3.86. The molecule has 0 radical (unpaired) electrons. The maximum absolute atomic E-state index is 11.9. The van der Waals surface area contributed by atoms with Crippen LogP contribution in [0.3, 0.4) is 0 Å². The number of carbonyl (C=O) groups is 1. The first-order valence-electron chi connectivity index (χ1n) is 3.20. The topological polar surface area (TPSA) is 46.5 Å². The van der Waals surface area contributed by atoms with Gasteiger partial charge in [-0.2, -0.15) is 13.2 Å². The predicted octanol–water partition coefficient (Wildman–Crippen LogP) is 0.515. The maximum atomic E-state index is 11.9. The molecular formula is C6H9F3O3. The number of carbonyl (C=O) groups excluding carboxylic acids is 1. The Morgan fingerprint density at radius 3 is 2.25 bits per heavy atom. The minimum atomic E-state index is -4.98. The molecule has 0 aliphatic rings. The number of ether oxygens (including phenoxy) is 1. The second-order valence-corrected chi connectivity index (χ2v) is 2.18. The van der Waals surface area contributed by atoms with Crippen molar-refractivity contribution in [3.05, 3.63) is 0 Å². The summed E-state index contributed by atoms with van der Waals surface area (Å²) in [5, 5.41) is 8.67. The van der Waals surface area contributed by atoms with E-state index in [0.29, 0.717) is 0 Å². The van der Waals surface area contributed by atoms with Crippen molar-refractivity contribution in [2.24, 2.45) is 0 Å². The number of hydrogen-bond acceptors (Lipinski definition) is 3. The lowest BCUT2D eigenvalue weighted by molar-refractivity contribution is -0.257. The maximum Gasteiger partial charge on any atom is 0.426 e. The molecule has 6 heteroatoms. The van der Waals surface area contributed by atoms with Crippen molar-refractivity contribution in [3.63, 3.8) is 0 Å². The molecule has 0 rings (SSSR count). The van der Waals surface area contributed by atoms with Crippen LogP contribution in [-0.4, -0.2) is 36.4 Å². The fourth-order valence-electron chi connectivity index (χ4n) is 0.440. The van der Waals surface area contributed by atoms with Crippen LogP contribution in [0.25, 0.3) is 0 Å². The van der Waals surface area contributed by atoms with E-state index in [-0.39, 0.29) is 6.61 Å². The van der Waals surface area contributed by atoms with Gasteiger partial charge in [0.25, 0.3) is 0 Å². The fraction of sp³-hybridized carbons (Fsp3) is 0.833. The Hall–Kier alpha value is -0.620. The molecule has 3 nitrogen and oxygen atoms in total. The summed E-state index contributed by atoms with van der Waals surface area (Å²) in [6.45, 7) is 0.407. The summed E-state index contributed by atoms with van der Waals surface area (Å²) in [5.74, 6) is 0. The summed E-state index contributed by atoms with van der Waals surface area (Å²) in [5.41, 5.74) is -3.37. The lowest BCUT2D eigenvalue weighted by Crippen LogP contribution is -2.50. The zero-order chi connectivity index (χ0) is 9.83. The molecule has 1 atom stereocenters. The molecule has 0 spiro atoms. The van der Waals surface area contributed by atoms with Crippen molar-refractivity contribution >= 4 is 6.29 Å². The van der Waals surface area contributed by atoms with Crippen LogP contribution in [0.15, 0.2) is 0 Å². The summed E-state index contributed by atoms with van der Waals surface area (Å²) in [4.78, 5) is 9.93. The van der Waals surface area contributed by atoms with Gasteiger partial charge in [-0.3, -0.25) is 4.79 Å². The van der Waals surface area contributed by atoms with E-state index >= 15 is 0 Å². The number of aliphatic hydroxyl groups is 1. The summed E-state index contributed by atoms with van der Waals surface area (Å²) in [6.07, 6.45) is -5.55. The van der Waals surface area contributed by atoms with Gasteiger partial charge in [-0.15, -0.1) is 0 Å². The van der Waals surface area contributed by atoms with Gasteiger partial charge in [-0.25, -0.2) is 0 Å². The Balaban J connectivity index is 4.35. The quantitative estimate of drug-likeness (QED) is 0.651. The van der Waals surface area contributed by atoms with Crippen LogP contribution in [0, 0.1) is 0 Å². The smallest absolute Gasteiger partial charge is 0.378 e. The molecule has 0 aromatic heterocycles. The van der Waals surface area contributed by atoms with Crippen molar-refractivity contribution in [2.45, 2.75) is 18.7 Å². The molecule has 12 heavy (non-hydrogen) atoms. The molecular weight excluding hydrogens is 177 g/mol. The highest BCUT2D eigenvalue weighted by Gasteiger charge is 2.54. The highest BCUT2D eigenvalue weighted by atomic mass is 19.4. The average Bonchev–Trinajstić information content (AvgIpc) is 1.98. The number of alkyl halides is 3. The third kappa shape index (κ3) is 2.46. The minimum absolute atomic E-state index is 0.00618. The first-order chi connectivity index (χ1) is 5.37. The number of aldehydes is 1. The van der Waals surface area contributed by atoms with Gasteiger partial charge in [0.05, 0.1) is 6.61 Å². The Kier molecular flexibility index (Phi) is 3.66. The normalized spacial score (nSPS) is 17.1. The highest BCUT2D eigenvalue weighted by Crippen LogP contribution is 2.28. The van der Waals surface area contributed by atoms with E-state index < -0.39 is 24.7 Å². The van der Waals surface area contributed by atoms with E-state index in [9.17, 15) is 18.0 Å². The SMILES string of the molecule is CCOCC(O)(C=O)C(F)(F)F. The largest absolute Gasteiger partial charge is 0.426 e. The summed E-state index contributed by atoms with van der Waals surface area (Å²) in [6, 6.07) is 0. The van der Waals surface area contributed by atoms with Crippen molar-refractivity contribution in [1.29, 1.82) is 0 Å². The molecule has 0 bridgehead atoms. The van der Waals surface area contributed by atoms with Crippen molar-refractivity contribution in [1.82, 2.24) is 0 Å². The van der Waals surface area contributed by atoms with E-state index in [4.69, 9.17) is 5.11 Å². The number of halogens is 3. The van der Waals surface area contributed by atoms with Gasteiger partial charge in [0.2, 0.25) is 5.60 Å². The fourth-order valence-corrected chi connectivity index (χ4v) is 0.440. The molecule has 72 valence electrons. The molecule has 0 aliphatic heterocycles. The first-order valence-corrected chi connectivity index (χ1v) is 3.20. The average molecular weight is 186 g/mol. The van der Waals surface area contributed by atoms with E-state index in [2.05, 4.69) is 4.74 Å². The standard InChI is InChI=1S/C6H9F3O3/c1-2-12-4-5(11,3-10)6(7,8)9/h3,11H,2,4H2,1H3. The molecule has 0 saturated heterocycles. The van der Waals surface area contributed by atoms with Crippen molar-refractivity contribution in [3.8, 4) is 0 Å². The molecule has 0 aromatic rings. The molecule has 0 aromatic carbocycles. The van der Waals surface area contributed by atoms with Gasteiger partial charge in [0.1, 0.15) is 0 Å². The van der Waals surface area contributed by atoms with Gasteiger partial charge < -0.3 is 9.84 Å². The number of rotatable bonds is 4. The van der Waals surface area contributed by atoms with Crippen LogP contribution in [0.4, 0.5) is 13.2 Å². The molecule has 1 N–H and O–H groups in total. The zero-order valence-corrected chi connectivity index (χ0v) is 6.39. The van der Waals surface area contributed by atoms with Crippen molar-refractivity contribution < 1.29 is 27.8 Å². The lowest BCUT2D eigenvalue weighted by atomic mass is 10.1. The van der Waals surface area contributed by atoms with E-state index in [0.717, 1.165) is 0 Å². The molecule has 0 saturated carbocycles. The predicted molar refractivity (Wildman–Crippen MR) is 33.6 cm³/mol. The van der Waals surface area contributed by atoms with Crippen LogP contribution >= 0.6 is 0 Å². The van der Waals surface area contributed by atoms with Crippen LogP contribution in [0.5, 0.6) is 0 Å². The van der Waals surface area contributed by atoms with E-state index in [1.54, 1.807) is 0 Å². The van der Waals surface area contributed by atoms with Gasteiger partial charge in [0.15, 0.2) is 6.29 Å². The molecule has 0 aliphatic carbocycles.